The van der Waals surface area contributed by atoms with Gasteiger partial charge < -0.3 is 0 Å². The van der Waals surface area contributed by atoms with E-state index in [1.807, 2.05) is 0 Å². The summed E-state index contributed by atoms with van der Waals surface area (Å²) in [6.45, 7) is 1.56. The zero-order valence-electron chi connectivity index (χ0n) is 8.24. The van der Waals surface area contributed by atoms with Gasteiger partial charge in [0, 0.05) is 29.6 Å². The van der Waals surface area contributed by atoms with E-state index in [-0.39, 0.29) is 39.5 Å². The van der Waals surface area contributed by atoms with Gasteiger partial charge in [0.15, 0.2) is 0 Å². The molecule has 0 aromatic heterocycles. The molecular formula is C7H9Cl2NNaO3S. The molecule has 0 saturated heterocycles. The number of nitrogens with two attached hydrogens (primary N) is 1. The number of benzene rings is 1. The molecule has 15 heavy (non-hydrogen) atoms. The van der Waals surface area contributed by atoms with Gasteiger partial charge in [0.2, 0.25) is 0 Å². The smallest absolute Gasteiger partial charge is 0.282 e. The average molecular weight is 281 g/mol. The molecule has 81 valence electrons. The molecule has 8 heteroatoms. The summed E-state index contributed by atoms with van der Waals surface area (Å²) < 4.78 is 30.2. The zero-order valence-corrected chi connectivity index (χ0v) is 12.6. The van der Waals surface area contributed by atoms with Gasteiger partial charge in [-0.3, -0.25) is 4.55 Å². The molecule has 0 spiro atoms. The van der Waals surface area contributed by atoms with Crippen LogP contribution in [0.4, 0.5) is 0 Å². The van der Waals surface area contributed by atoms with Crippen molar-refractivity contribution in [3.8, 4) is 0 Å². The maximum atomic E-state index is 10.7. The van der Waals surface area contributed by atoms with Crippen LogP contribution < -0.4 is 5.25 Å². The van der Waals surface area contributed by atoms with E-state index in [1.54, 1.807) is 19.1 Å². The summed E-state index contributed by atoms with van der Waals surface area (Å²) >= 11 is 9.71. The fraction of sp³-hybridized carbons (Fsp3) is 0.143. The molecule has 0 fully saturated rings. The van der Waals surface area contributed by atoms with Gasteiger partial charge in [-0.05, 0) is 30.3 Å². The van der Waals surface area contributed by atoms with E-state index in [9.17, 15) is 8.42 Å². The van der Waals surface area contributed by atoms with Gasteiger partial charge in [-0.1, -0.05) is 23.7 Å². The van der Waals surface area contributed by atoms with Crippen molar-refractivity contribution in [2.45, 2.75) is 11.8 Å². The first-order valence-corrected chi connectivity index (χ1v) is 5.63. The van der Waals surface area contributed by atoms with E-state index in [0.29, 0.717) is 5.56 Å². The van der Waals surface area contributed by atoms with Crippen molar-refractivity contribution >= 4 is 63.1 Å². The van der Waals surface area contributed by atoms with Crippen LogP contribution in [0.25, 0.3) is 0 Å². The second-order valence-electron chi connectivity index (χ2n) is 2.36. The van der Waals surface area contributed by atoms with Crippen LogP contribution in [0.15, 0.2) is 23.1 Å². The summed E-state index contributed by atoms with van der Waals surface area (Å²) in [6.07, 6.45) is 0. The Labute approximate surface area is 121 Å². The molecule has 1 radical (unpaired) electrons. The third-order valence-corrected chi connectivity index (χ3v) is 2.91. The Kier molecular flexibility index (Phi) is 9.46. The van der Waals surface area contributed by atoms with E-state index in [4.69, 9.17) is 16.2 Å². The third kappa shape index (κ3) is 5.51. The molecule has 0 aliphatic heterocycles. The van der Waals surface area contributed by atoms with Crippen LogP contribution >= 0.6 is 23.4 Å². The van der Waals surface area contributed by atoms with Crippen LogP contribution in [0, 0.1) is 6.92 Å². The number of rotatable bonds is 1. The van der Waals surface area contributed by atoms with Crippen molar-refractivity contribution in [3.63, 3.8) is 0 Å². The first kappa shape index (κ1) is 18.0. The van der Waals surface area contributed by atoms with E-state index >= 15 is 0 Å². The molecule has 0 atom stereocenters. The maximum absolute atomic E-state index is 10.7. The topological polar surface area (TPSA) is 80.4 Å². The molecule has 0 amide bonds. The van der Waals surface area contributed by atoms with Crippen LogP contribution in [0.3, 0.4) is 0 Å². The Bertz CT molecular complexity index is 390. The Morgan fingerprint density at radius 1 is 1.33 bits per heavy atom. The minimum Gasteiger partial charge on any atom is -0.282 e. The summed E-state index contributed by atoms with van der Waals surface area (Å²) in [5.41, 5.74) is 0.435. The van der Waals surface area contributed by atoms with Crippen molar-refractivity contribution in [1.82, 2.24) is 0 Å². The molecule has 4 nitrogen and oxygen atoms in total. The Morgan fingerprint density at radius 2 is 1.80 bits per heavy atom. The molecule has 0 heterocycles. The third-order valence-electron chi connectivity index (χ3n) is 1.42. The van der Waals surface area contributed by atoms with Crippen molar-refractivity contribution in [3.05, 3.63) is 28.8 Å². The molecule has 0 unspecified atom stereocenters. The summed E-state index contributed by atoms with van der Waals surface area (Å²) in [5.74, 6) is 0. The Hall–Kier alpha value is 0.670. The zero-order chi connectivity index (χ0) is 11.4. The van der Waals surface area contributed by atoms with Gasteiger partial charge in [-0.2, -0.15) is 8.42 Å². The molecule has 3 N–H and O–H groups in total. The molecule has 1 aromatic carbocycles. The Morgan fingerprint density at radius 3 is 2.07 bits per heavy atom. The van der Waals surface area contributed by atoms with Crippen molar-refractivity contribution in [1.29, 1.82) is 0 Å². The van der Waals surface area contributed by atoms with Gasteiger partial charge in [0.05, 0.1) is 5.02 Å². The summed E-state index contributed by atoms with van der Waals surface area (Å²) in [5, 5.41) is 4.01. The fourth-order valence-electron chi connectivity index (χ4n) is 0.943. The SMILES string of the molecule is Cc1cccc(Cl)c1S(=O)(=O)O.NCl.[Na]. The average Bonchev–Trinajstić information content (AvgIpc) is 2.05. The molecule has 0 aliphatic carbocycles. The molecule has 0 saturated carbocycles. The van der Waals surface area contributed by atoms with Crippen LogP contribution in [-0.2, 0) is 10.1 Å². The molecule has 1 rings (SSSR count). The molecule has 0 bridgehead atoms. The maximum Gasteiger partial charge on any atom is 0.296 e. The number of halogens is 2. The van der Waals surface area contributed by atoms with Crippen molar-refractivity contribution < 1.29 is 13.0 Å². The number of hydrogen-bond donors (Lipinski definition) is 2. The van der Waals surface area contributed by atoms with Gasteiger partial charge >= 0.3 is 0 Å². The quantitative estimate of drug-likeness (QED) is 0.465. The predicted octanol–water partition coefficient (Wildman–Crippen LogP) is 1.61. The molecule has 1 aromatic rings. The van der Waals surface area contributed by atoms with Gasteiger partial charge in [0.1, 0.15) is 4.90 Å². The molecule has 0 aliphatic rings. The number of hydrogen-bond acceptors (Lipinski definition) is 3. The fourth-order valence-corrected chi connectivity index (χ4v) is 2.25. The second-order valence-corrected chi connectivity index (χ2v) is 4.13. The normalized spacial score (nSPS) is 9.67. The minimum atomic E-state index is -4.20. The van der Waals surface area contributed by atoms with Crippen molar-refractivity contribution in [2.24, 2.45) is 5.25 Å². The Balaban J connectivity index is 0. The largest absolute Gasteiger partial charge is 0.296 e. The first-order chi connectivity index (χ1) is 6.43. The minimum absolute atomic E-state index is 0. The summed E-state index contributed by atoms with van der Waals surface area (Å²) in [6, 6.07) is 4.60. The van der Waals surface area contributed by atoms with Crippen LogP contribution in [0.2, 0.25) is 5.02 Å². The predicted molar refractivity (Wildman–Crippen MR) is 61.8 cm³/mol. The first-order valence-electron chi connectivity index (χ1n) is 3.37. The van der Waals surface area contributed by atoms with Crippen LogP contribution in [0.5, 0.6) is 0 Å². The van der Waals surface area contributed by atoms with Gasteiger partial charge in [-0.15, -0.1) is 0 Å². The van der Waals surface area contributed by atoms with Crippen molar-refractivity contribution in [2.75, 3.05) is 0 Å². The van der Waals surface area contributed by atoms with Crippen LogP contribution in [-0.4, -0.2) is 42.5 Å². The van der Waals surface area contributed by atoms with E-state index in [1.165, 1.54) is 6.07 Å². The molecular weight excluding hydrogens is 272 g/mol. The van der Waals surface area contributed by atoms with E-state index in [0.717, 1.165) is 0 Å². The monoisotopic (exact) mass is 280 g/mol. The van der Waals surface area contributed by atoms with E-state index < -0.39 is 10.1 Å². The summed E-state index contributed by atoms with van der Waals surface area (Å²) in [7, 11) is -4.20. The van der Waals surface area contributed by atoms with Gasteiger partial charge in [-0.25, -0.2) is 5.25 Å². The van der Waals surface area contributed by atoms with Crippen LogP contribution in [0.1, 0.15) is 5.56 Å². The standard InChI is InChI=1S/C7H7ClO3S.ClH2N.Na/c1-5-3-2-4-6(8)7(5)12(9,10)11;1-2;/h2-4H,1H3,(H,9,10,11);2H2;. The second kappa shape index (κ2) is 7.86. The van der Waals surface area contributed by atoms with E-state index in [2.05, 4.69) is 17.0 Å². The number of aryl methyl sites for hydroxylation is 1. The van der Waals surface area contributed by atoms with Gasteiger partial charge in [0.25, 0.3) is 10.1 Å². The summed E-state index contributed by atoms with van der Waals surface area (Å²) in [4.78, 5) is -0.216.